The van der Waals surface area contributed by atoms with Crippen LogP contribution in [-0.4, -0.2) is 0 Å². The van der Waals surface area contributed by atoms with Gasteiger partial charge in [-0.3, -0.25) is 0 Å². The van der Waals surface area contributed by atoms with Crippen molar-refractivity contribution in [2.24, 2.45) is 0 Å². The predicted molar refractivity (Wildman–Crippen MR) is 570 cm³/mol. The summed E-state index contributed by atoms with van der Waals surface area (Å²) in [6.45, 7) is 14.3. The van der Waals surface area contributed by atoms with Crippen LogP contribution in [0.1, 0.15) is 86.1 Å². The summed E-state index contributed by atoms with van der Waals surface area (Å²) in [6.07, 6.45) is 4.33. The maximum atomic E-state index is 2.47. The van der Waals surface area contributed by atoms with Gasteiger partial charge in [0.1, 0.15) is 0 Å². The van der Waals surface area contributed by atoms with Gasteiger partial charge >= 0.3 is 0 Å². The zero-order chi connectivity index (χ0) is 89.0. The van der Waals surface area contributed by atoms with E-state index in [-0.39, 0.29) is 16.2 Å². The summed E-state index contributed by atoms with van der Waals surface area (Å²) in [4.78, 5) is 4.55. The number of para-hydroxylation sites is 4. The van der Waals surface area contributed by atoms with E-state index in [4.69, 9.17) is 0 Å². The molecule has 0 spiro atoms. The summed E-state index contributed by atoms with van der Waals surface area (Å²) in [5.74, 6) is 0. The number of anilines is 6. The molecule has 0 fully saturated rings. The van der Waals surface area contributed by atoms with Crippen molar-refractivity contribution in [3.8, 4) is 77.9 Å². The molecule has 0 unspecified atom stereocenters. The van der Waals surface area contributed by atoms with E-state index in [2.05, 4.69) is 488 Å². The van der Waals surface area contributed by atoms with Crippen molar-refractivity contribution in [3.63, 3.8) is 0 Å². The quantitative estimate of drug-likeness (QED) is 0.0888. The Kier molecular flexibility index (Phi) is 18.4. The average Bonchev–Trinajstić information content (AvgIpc) is 1.63. The van der Waals surface area contributed by atoms with Gasteiger partial charge in [-0.05, 0) is 322 Å². The number of hydrogen-bond donors (Lipinski definition) is 0. The van der Waals surface area contributed by atoms with Crippen molar-refractivity contribution in [1.82, 2.24) is 0 Å². The van der Waals surface area contributed by atoms with Crippen LogP contribution in [0.25, 0.3) is 187 Å². The first-order valence-corrected chi connectivity index (χ1v) is 46.7. The van der Waals surface area contributed by atoms with Gasteiger partial charge in [0.25, 0.3) is 0 Å². The molecule has 24 aromatic rings. The zero-order valence-electron chi connectivity index (χ0n) is 75.3. The van der Waals surface area contributed by atoms with Gasteiger partial charge in [0, 0.05) is 50.4 Å². The van der Waals surface area contributed by atoms with Crippen molar-refractivity contribution >= 4 is 143 Å². The van der Waals surface area contributed by atoms with E-state index in [1.807, 2.05) is 24.3 Å². The van der Waals surface area contributed by atoms with E-state index in [1.54, 1.807) is 0 Å². The van der Waals surface area contributed by atoms with Gasteiger partial charge in [-0.1, -0.05) is 399 Å². The molecule has 0 atom stereocenters. The first-order valence-electron chi connectivity index (χ1n) is 46.7. The molecule has 3 aliphatic carbocycles. The fraction of sp³-hybridized carbons (Fsp3) is 0.0687. The molecule has 27 rings (SSSR count). The van der Waals surface area contributed by atoms with Crippen LogP contribution in [0.15, 0.2) is 449 Å². The maximum Gasteiger partial charge on any atom is 0.0462 e. The largest absolute Gasteiger partial charge is 0.311 e. The van der Waals surface area contributed by atoms with Gasteiger partial charge in [-0.25, -0.2) is 0 Å². The van der Waals surface area contributed by atoms with Crippen molar-refractivity contribution in [3.05, 3.63) is 493 Å². The Labute approximate surface area is 776 Å². The molecule has 0 aromatic heterocycles. The number of rotatable bonds is 12. The Bertz CT molecular complexity index is 8290. The molecule has 0 N–H and O–H groups in total. The lowest BCUT2D eigenvalue weighted by atomic mass is 9.79. The third kappa shape index (κ3) is 13.0. The molecule has 2 heteroatoms. The molecule has 0 radical (unpaired) electrons. The minimum atomic E-state index is -0.121. The first-order chi connectivity index (χ1) is 65.2. The molecule has 24 aromatic carbocycles. The Morgan fingerprint density at radius 2 is 0.376 bits per heavy atom. The summed E-state index contributed by atoms with van der Waals surface area (Å²) in [6, 6.07) is 165. The molecule has 2 nitrogen and oxygen atoms in total. The zero-order valence-corrected chi connectivity index (χ0v) is 75.3. The lowest BCUT2D eigenvalue weighted by molar-refractivity contribution is 0.659. The second-order valence-corrected chi connectivity index (χ2v) is 38.2. The molecule has 0 aliphatic heterocycles. The average molecular weight is 1700 g/mol. The SMILES string of the molecule is C(=Cc1ccc(N(c2ccccc2)c2ccccc2)cc1)c1ccc(N(c2ccccc2)c2ccccc2)cc1.CC1(C)c2cc(-c3ccc4ccc5cccc6ccc3c4c56)ccc2-c2ccc(-c3ccc4ccc5cccc6ccc3c4c56)cc21.CC1(C)c2ccccc2-c2ccc(-c3ccc4c(c3)C(C)(C)c3cc(-c5ccc6ccc7cccc8ccc5c6c78)ccc3-4)cc21. The molecule has 0 bridgehead atoms. The van der Waals surface area contributed by atoms with Crippen LogP contribution in [-0.2, 0) is 16.2 Å². The maximum absolute atomic E-state index is 2.47. The van der Waals surface area contributed by atoms with Gasteiger partial charge in [0.2, 0.25) is 0 Å². The highest BCUT2D eigenvalue weighted by atomic mass is 15.1. The summed E-state index contributed by atoms with van der Waals surface area (Å²) in [5.41, 5.74) is 35.9. The fourth-order valence-corrected chi connectivity index (χ4v) is 22.9. The van der Waals surface area contributed by atoms with Gasteiger partial charge in [-0.15, -0.1) is 0 Å². The Balaban J connectivity index is 0.000000107. The van der Waals surface area contributed by atoms with Gasteiger partial charge < -0.3 is 9.80 Å². The van der Waals surface area contributed by atoms with Crippen LogP contribution in [0.3, 0.4) is 0 Å². The van der Waals surface area contributed by atoms with Crippen LogP contribution < -0.4 is 9.80 Å². The predicted octanol–water partition coefficient (Wildman–Crippen LogP) is 36.4. The summed E-state index contributed by atoms with van der Waals surface area (Å²) in [7, 11) is 0. The minimum Gasteiger partial charge on any atom is -0.311 e. The van der Waals surface area contributed by atoms with E-state index < -0.39 is 0 Å². The third-order valence-corrected chi connectivity index (χ3v) is 29.6. The smallest absolute Gasteiger partial charge is 0.0462 e. The molecule has 628 valence electrons. The van der Waals surface area contributed by atoms with Crippen molar-refractivity contribution in [2.45, 2.75) is 57.8 Å². The lowest BCUT2D eigenvalue weighted by Crippen LogP contribution is -2.15. The molecule has 0 saturated carbocycles. The highest BCUT2D eigenvalue weighted by Gasteiger charge is 2.40. The summed E-state index contributed by atoms with van der Waals surface area (Å²) < 4.78 is 0. The molecule has 3 aliphatic rings. The highest BCUT2D eigenvalue weighted by Crippen LogP contribution is 2.57. The van der Waals surface area contributed by atoms with Crippen molar-refractivity contribution < 1.29 is 0 Å². The second kappa shape index (κ2) is 31.0. The number of fused-ring (bicyclic) bond motifs is 9. The van der Waals surface area contributed by atoms with Crippen LogP contribution in [0.2, 0.25) is 0 Å². The van der Waals surface area contributed by atoms with Crippen LogP contribution >= 0.6 is 0 Å². The molecule has 0 heterocycles. The summed E-state index contributed by atoms with van der Waals surface area (Å²) >= 11 is 0. The van der Waals surface area contributed by atoms with Gasteiger partial charge in [-0.2, -0.15) is 0 Å². The Morgan fingerprint density at radius 3 is 0.677 bits per heavy atom. The van der Waals surface area contributed by atoms with E-state index in [0.29, 0.717) is 0 Å². The fourth-order valence-electron chi connectivity index (χ4n) is 22.9. The van der Waals surface area contributed by atoms with Crippen LogP contribution in [0, 0.1) is 0 Å². The lowest BCUT2D eigenvalue weighted by Gasteiger charge is -2.25. The Hall–Kier alpha value is -16.3. The molecule has 0 amide bonds. The highest BCUT2D eigenvalue weighted by molar-refractivity contribution is 6.28. The van der Waals surface area contributed by atoms with Crippen molar-refractivity contribution in [1.29, 1.82) is 0 Å². The third-order valence-electron chi connectivity index (χ3n) is 29.6. The van der Waals surface area contributed by atoms with Gasteiger partial charge in [0.05, 0.1) is 0 Å². The Morgan fingerprint density at radius 1 is 0.158 bits per heavy atom. The monoisotopic (exact) mass is 1690 g/mol. The number of nitrogens with zero attached hydrogens (tertiary/aromatic N) is 2. The van der Waals surface area contributed by atoms with Crippen LogP contribution in [0.4, 0.5) is 34.1 Å². The molecule has 133 heavy (non-hydrogen) atoms. The van der Waals surface area contributed by atoms with E-state index in [0.717, 1.165) is 45.3 Å². The molecular weight excluding hydrogens is 1600 g/mol. The topological polar surface area (TPSA) is 6.48 Å². The van der Waals surface area contributed by atoms with Crippen LogP contribution in [0.5, 0.6) is 0 Å². The number of hydrogen-bond acceptors (Lipinski definition) is 2. The molecule has 0 saturated heterocycles. The second-order valence-electron chi connectivity index (χ2n) is 38.2. The normalized spacial score (nSPS) is 13.5. The summed E-state index contributed by atoms with van der Waals surface area (Å²) in [5, 5.41) is 24.0. The minimum absolute atomic E-state index is 0.00426. The van der Waals surface area contributed by atoms with Crippen molar-refractivity contribution in [2.75, 3.05) is 9.80 Å². The first kappa shape index (κ1) is 78.9. The van der Waals surface area contributed by atoms with Gasteiger partial charge in [0.15, 0.2) is 0 Å². The van der Waals surface area contributed by atoms with E-state index in [1.165, 1.54) is 208 Å². The standard InChI is InChI=1S/C47H30.C46H34.C38H30N2/c1-47(2)41-25-33(35-19-13-31-11-9-27-5-3-7-29-15-23-39(35)45(31)43(27)29)17-21-37(41)38-22-18-34(26-42(38)47)36-20-14-32-12-10-28-6-4-8-30-16-24-40(36)46(32)44(28)30;1-45(2)39-11-6-5-10-34(39)35-20-16-30(24-40(35)45)31-17-21-36-37-22-18-32(26-42(37)46(3,4)41(36)25-31)33-19-14-29-13-12-27-8-7-9-28-15-23-38(33)44(29)43(27)28;1-5-13-33(14-6-1)39(34-15-7-2-8-16-34)37-27-23-31(24-28-37)21-22-32-25-29-38(30-26-32)40(35-17-9-3-10-18-35)36-19-11-4-12-20-36/h3-26H,1-2H3;5-26H,1-4H3;1-30H. The van der Waals surface area contributed by atoms with E-state index in [9.17, 15) is 0 Å². The van der Waals surface area contributed by atoms with E-state index >= 15 is 0 Å². The number of benzene rings is 24. The molecular formula is C131H94N2.